The molecule has 0 saturated heterocycles. The van der Waals surface area contributed by atoms with E-state index in [4.69, 9.17) is 4.74 Å². The Morgan fingerprint density at radius 3 is 2.61 bits per heavy atom. The Morgan fingerprint density at radius 2 is 1.86 bits per heavy atom. The maximum absolute atomic E-state index is 12.5. The summed E-state index contributed by atoms with van der Waals surface area (Å²) in [6.45, 7) is 0. The lowest BCUT2D eigenvalue weighted by Gasteiger charge is -2.28. The van der Waals surface area contributed by atoms with Gasteiger partial charge in [-0.05, 0) is 55.7 Å². The molecule has 0 bridgehead atoms. The van der Waals surface area contributed by atoms with Gasteiger partial charge in [0.15, 0.2) is 0 Å². The van der Waals surface area contributed by atoms with Crippen LogP contribution in [0.15, 0.2) is 55.0 Å². The first-order chi connectivity index (χ1) is 13.7. The molecule has 7 heteroatoms. The molecule has 0 radical (unpaired) electrons. The quantitative estimate of drug-likeness (QED) is 0.678. The third kappa shape index (κ3) is 4.37. The summed E-state index contributed by atoms with van der Waals surface area (Å²) < 4.78 is 5.89. The Bertz CT molecular complexity index is 928. The van der Waals surface area contributed by atoms with Crippen molar-refractivity contribution in [1.82, 2.24) is 9.97 Å². The molecule has 1 saturated carbocycles. The largest absolute Gasteiger partial charge is 0.488 e. The maximum atomic E-state index is 12.5. The third-order valence-corrected chi connectivity index (χ3v) is 5.77. The predicted octanol–water partition coefficient (Wildman–Crippen LogP) is 4.14. The van der Waals surface area contributed by atoms with Crippen LogP contribution in [0.2, 0.25) is 0 Å². The number of pyridine rings is 1. The van der Waals surface area contributed by atoms with Crippen molar-refractivity contribution in [3.63, 3.8) is 0 Å². The summed E-state index contributed by atoms with van der Waals surface area (Å²) in [5.74, 6) is 0.496. The second-order valence-electron chi connectivity index (χ2n) is 6.75. The summed E-state index contributed by atoms with van der Waals surface area (Å²) in [5, 5.41) is 13.7. The number of aromatic nitrogens is 2. The van der Waals surface area contributed by atoms with Gasteiger partial charge in [-0.2, -0.15) is 0 Å². The highest BCUT2D eigenvalue weighted by Crippen LogP contribution is 2.27. The number of carbonyl (C=O) groups is 1. The number of rotatable bonds is 5. The molecule has 3 aromatic rings. The number of amides is 1. The molecule has 0 spiro atoms. The number of thiazole rings is 1. The lowest BCUT2D eigenvalue weighted by Crippen LogP contribution is -2.34. The van der Waals surface area contributed by atoms with Gasteiger partial charge in [0.25, 0.3) is 5.91 Å². The van der Waals surface area contributed by atoms with Crippen LogP contribution in [0.1, 0.15) is 35.4 Å². The number of nitrogens with zero attached hydrogens (tertiary/aromatic N) is 2. The van der Waals surface area contributed by atoms with Crippen molar-refractivity contribution in [2.45, 2.75) is 37.9 Å². The third-order valence-electron chi connectivity index (χ3n) is 4.72. The number of aliphatic hydroxyl groups excluding tert-OH is 1. The van der Waals surface area contributed by atoms with Crippen LogP contribution < -0.4 is 10.1 Å². The second kappa shape index (κ2) is 8.50. The fourth-order valence-electron chi connectivity index (χ4n) is 3.21. The van der Waals surface area contributed by atoms with Crippen LogP contribution in [0.5, 0.6) is 5.75 Å². The average molecular weight is 395 g/mol. The Morgan fingerprint density at radius 1 is 1.11 bits per heavy atom. The first-order valence-corrected chi connectivity index (χ1v) is 10.1. The van der Waals surface area contributed by atoms with Gasteiger partial charge < -0.3 is 15.2 Å². The van der Waals surface area contributed by atoms with E-state index in [0.717, 1.165) is 36.3 Å². The second-order valence-corrected chi connectivity index (χ2v) is 7.78. The zero-order chi connectivity index (χ0) is 19.3. The van der Waals surface area contributed by atoms with E-state index in [0.29, 0.717) is 16.3 Å². The molecule has 2 atom stereocenters. The highest BCUT2D eigenvalue weighted by atomic mass is 32.1. The molecule has 2 heterocycles. The molecule has 144 valence electrons. The van der Waals surface area contributed by atoms with Crippen molar-refractivity contribution < 1.29 is 14.6 Å². The highest BCUT2D eigenvalue weighted by Gasteiger charge is 2.24. The minimum Gasteiger partial charge on any atom is -0.488 e. The SMILES string of the molecule is O=C(Nc1ccc(OC2CCCCC2O)cc1)c1cnc(-c2ccncc2)s1. The topological polar surface area (TPSA) is 84.3 Å². The zero-order valence-corrected chi connectivity index (χ0v) is 16.1. The van der Waals surface area contributed by atoms with Crippen LogP contribution in [-0.4, -0.2) is 33.2 Å². The van der Waals surface area contributed by atoms with E-state index in [9.17, 15) is 9.90 Å². The van der Waals surface area contributed by atoms with E-state index in [1.54, 1.807) is 30.7 Å². The Labute approximate surface area is 167 Å². The van der Waals surface area contributed by atoms with Crippen LogP contribution in [0, 0.1) is 0 Å². The van der Waals surface area contributed by atoms with Crippen molar-refractivity contribution >= 4 is 22.9 Å². The zero-order valence-electron chi connectivity index (χ0n) is 15.2. The Hall–Kier alpha value is -2.77. The normalized spacial score (nSPS) is 19.2. The van der Waals surface area contributed by atoms with Gasteiger partial charge in [-0.3, -0.25) is 9.78 Å². The first kappa shape index (κ1) is 18.6. The van der Waals surface area contributed by atoms with Crippen molar-refractivity contribution in [3.8, 4) is 16.3 Å². The van der Waals surface area contributed by atoms with Crippen LogP contribution in [0.25, 0.3) is 10.6 Å². The predicted molar refractivity (Wildman–Crippen MR) is 109 cm³/mol. The van der Waals surface area contributed by atoms with Crippen molar-refractivity contribution in [1.29, 1.82) is 0 Å². The monoisotopic (exact) mass is 395 g/mol. The number of anilines is 1. The molecule has 2 aromatic heterocycles. The van der Waals surface area contributed by atoms with Crippen molar-refractivity contribution in [3.05, 3.63) is 59.9 Å². The van der Waals surface area contributed by atoms with Gasteiger partial charge in [0.2, 0.25) is 0 Å². The summed E-state index contributed by atoms with van der Waals surface area (Å²) in [5.41, 5.74) is 1.62. The fraction of sp³-hybridized carbons (Fsp3) is 0.286. The fourth-order valence-corrected chi connectivity index (χ4v) is 4.02. The van der Waals surface area contributed by atoms with Gasteiger partial charge in [0.1, 0.15) is 21.7 Å². The molecule has 0 aliphatic heterocycles. The summed E-state index contributed by atoms with van der Waals surface area (Å²) in [6, 6.07) is 10.9. The molecule has 1 aliphatic rings. The van der Waals surface area contributed by atoms with Crippen LogP contribution >= 0.6 is 11.3 Å². The molecule has 1 aliphatic carbocycles. The van der Waals surface area contributed by atoms with E-state index in [1.807, 2.05) is 24.3 Å². The standard InChI is InChI=1S/C21H21N3O3S/c25-17-3-1-2-4-18(17)27-16-7-5-15(6-8-16)24-20(26)19-13-23-21(28-19)14-9-11-22-12-10-14/h5-13,17-18,25H,1-4H2,(H,24,26). The number of hydrogen-bond donors (Lipinski definition) is 2. The molecule has 2 N–H and O–H groups in total. The number of hydrogen-bond acceptors (Lipinski definition) is 6. The summed E-state index contributed by atoms with van der Waals surface area (Å²) >= 11 is 1.34. The molecular weight excluding hydrogens is 374 g/mol. The minimum absolute atomic E-state index is 0.155. The highest BCUT2D eigenvalue weighted by molar-refractivity contribution is 7.17. The van der Waals surface area contributed by atoms with E-state index < -0.39 is 6.10 Å². The average Bonchev–Trinajstić information content (AvgIpc) is 3.22. The lowest BCUT2D eigenvalue weighted by molar-refractivity contribution is 0.00688. The van der Waals surface area contributed by atoms with Gasteiger partial charge in [-0.1, -0.05) is 6.42 Å². The van der Waals surface area contributed by atoms with Crippen LogP contribution in [0.4, 0.5) is 5.69 Å². The lowest BCUT2D eigenvalue weighted by atomic mass is 9.95. The number of benzene rings is 1. The molecule has 4 rings (SSSR count). The molecule has 1 amide bonds. The van der Waals surface area contributed by atoms with E-state index in [2.05, 4.69) is 15.3 Å². The van der Waals surface area contributed by atoms with Gasteiger partial charge in [0.05, 0.1) is 12.3 Å². The molecule has 28 heavy (non-hydrogen) atoms. The summed E-state index contributed by atoms with van der Waals surface area (Å²) in [4.78, 5) is 21.3. The smallest absolute Gasteiger partial charge is 0.267 e. The maximum Gasteiger partial charge on any atom is 0.267 e. The molecule has 6 nitrogen and oxygen atoms in total. The van der Waals surface area contributed by atoms with Crippen molar-refractivity contribution in [2.75, 3.05) is 5.32 Å². The molecule has 2 unspecified atom stereocenters. The van der Waals surface area contributed by atoms with E-state index >= 15 is 0 Å². The minimum atomic E-state index is -0.408. The van der Waals surface area contributed by atoms with E-state index in [1.165, 1.54) is 11.3 Å². The number of aliphatic hydroxyl groups is 1. The van der Waals surface area contributed by atoms with Crippen LogP contribution in [-0.2, 0) is 0 Å². The van der Waals surface area contributed by atoms with Gasteiger partial charge in [0, 0.05) is 23.6 Å². The number of carbonyl (C=O) groups excluding carboxylic acids is 1. The van der Waals surface area contributed by atoms with Gasteiger partial charge in [-0.25, -0.2) is 4.98 Å². The molecular formula is C21H21N3O3S. The number of nitrogens with one attached hydrogen (secondary N) is 1. The van der Waals surface area contributed by atoms with Gasteiger partial charge >= 0.3 is 0 Å². The molecule has 1 aromatic carbocycles. The first-order valence-electron chi connectivity index (χ1n) is 9.31. The van der Waals surface area contributed by atoms with Gasteiger partial charge in [-0.15, -0.1) is 11.3 Å². The van der Waals surface area contributed by atoms with Crippen molar-refractivity contribution in [2.24, 2.45) is 0 Å². The number of ether oxygens (including phenoxy) is 1. The van der Waals surface area contributed by atoms with Crippen LogP contribution in [0.3, 0.4) is 0 Å². The Kier molecular flexibility index (Phi) is 5.64. The summed E-state index contributed by atoms with van der Waals surface area (Å²) in [7, 11) is 0. The summed E-state index contributed by atoms with van der Waals surface area (Å²) in [6.07, 6.45) is 8.20. The Balaban J connectivity index is 1.38. The van der Waals surface area contributed by atoms with E-state index in [-0.39, 0.29) is 12.0 Å². The molecule has 1 fully saturated rings.